The lowest BCUT2D eigenvalue weighted by molar-refractivity contribution is -0.157. The molecule has 4 heterocycles. The summed E-state index contributed by atoms with van der Waals surface area (Å²) in [4.78, 5) is 72.9. The topological polar surface area (TPSA) is 159 Å². The number of amides is 4. The lowest BCUT2D eigenvalue weighted by atomic mass is 9.76. The second kappa shape index (κ2) is 14.1. The van der Waals surface area contributed by atoms with E-state index in [1.807, 2.05) is 56.3 Å². The van der Waals surface area contributed by atoms with Crippen molar-refractivity contribution in [2.45, 2.75) is 77.6 Å². The van der Waals surface area contributed by atoms with E-state index in [1.165, 1.54) is 12.1 Å². The number of pyridine rings is 1. The first-order chi connectivity index (χ1) is 22.4. The Bertz CT molecular complexity index is 1570. The first-order valence-corrected chi connectivity index (χ1v) is 16.2. The van der Waals surface area contributed by atoms with Gasteiger partial charge >= 0.3 is 12.1 Å². The number of rotatable bonds is 1. The lowest BCUT2D eigenvalue weighted by Gasteiger charge is -2.39. The average Bonchev–Trinajstić information content (AvgIpc) is 3.08. The Balaban J connectivity index is 1.53. The molecule has 2 aromatic rings. The molecular formula is C34H44N6O7. The van der Waals surface area contributed by atoms with Crippen molar-refractivity contribution >= 4 is 46.8 Å². The highest BCUT2D eigenvalue weighted by atomic mass is 16.5. The van der Waals surface area contributed by atoms with Gasteiger partial charge in [-0.05, 0) is 63.1 Å². The molecule has 0 aliphatic carbocycles. The van der Waals surface area contributed by atoms with Crippen LogP contribution in [0.1, 0.15) is 70.7 Å². The van der Waals surface area contributed by atoms with Crippen molar-refractivity contribution < 1.29 is 33.4 Å². The second-order valence-corrected chi connectivity index (χ2v) is 13.0. The lowest BCUT2D eigenvalue weighted by Crippen LogP contribution is -2.61. The number of hydrogen-bond acceptors (Lipinski definition) is 9. The van der Waals surface area contributed by atoms with Gasteiger partial charge in [-0.3, -0.25) is 24.2 Å². The van der Waals surface area contributed by atoms with E-state index in [9.17, 15) is 24.0 Å². The van der Waals surface area contributed by atoms with Crippen LogP contribution in [0, 0.1) is 11.3 Å². The molecule has 4 amide bonds. The SMILES string of the molecule is COC(=O)N1CCC2(/C=C/c3ccc4ccc(nc4c3)[C@@H](C)OC(=O)C3CCCN(N3)C(=O)[C@H](C)NC(=O)[C@H](C(C)C)NC2=O)CC1. The van der Waals surface area contributed by atoms with Gasteiger partial charge in [-0.25, -0.2) is 15.2 Å². The van der Waals surface area contributed by atoms with Crippen molar-refractivity contribution in [3.63, 3.8) is 0 Å². The van der Waals surface area contributed by atoms with Crippen LogP contribution in [0.25, 0.3) is 17.0 Å². The van der Waals surface area contributed by atoms with Crippen LogP contribution in [0.4, 0.5) is 4.79 Å². The average molecular weight is 649 g/mol. The summed E-state index contributed by atoms with van der Waals surface area (Å²) in [6.07, 6.45) is 4.27. The molecule has 1 spiro atoms. The number of hydrazine groups is 1. The normalized spacial score (nSPS) is 26.5. The van der Waals surface area contributed by atoms with Crippen molar-refractivity contribution in [3.8, 4) is 0 Å². The maximum Gasteiger partial charge on any atom is 0.409 e. The first-order valence-electron chi connectivity index (χ1n) is 16.2. The summed E-state index contributed by atoms with van der Waals surface area (Å²) in [5.41, 5.74) is 4.02. The summed E-state index contributed by atoms with van der Waals surface area (Å²) >= 11 is 0. The molecule has 1 aromatic heterocycles. The van der Waals surface area contributed by atoms with Gasteiger partial charge < -0.3 is 25.0 Å². The molecule has 252 valence electrons. The van der Waals surface area contributed by atoms with Gasteiger partial charge in [-0.2, -0.15) is 0 Å². The molecule has 4 atom stereocenters. The zero-order valence-corrected chi connectivity index (χ0v) is 27.6. The molecule has 1 unspecified atom stereocenters. The Kier molecular flexibility index (Phi) is 10.1. The maximum atomic E-state index is 14.2. The number of cyclic esters (lactones) is 1. The molecule has 5 bridgehead atoms. The quantitative estimate of drug-likeness (QED) is 0.395. The van der Waals surface area contributed by atoms with Crippen LogP contribution in [0.3, 0.4) is 0 Å². The van der Waals surface area contributed by atoms with E-state index in [0.717, 1.165) is 10.9 Å². The molecule has 0 radical (unpaired) electrons. The van der Waals surface area contributed by atoms with Crippen LogP contribution in [0.15, 0.2) is 36.4 Å². The smallest absolute Gasteiger partial charge is 0.409 e. The Morgan fingerprint density at radius 2 is 1.77 bits per heavy atom. The number of fused-ring (bicyclic) bond motifs is 4. The van der Waals surface area contributed by atoms with Crippen molar-refractivity contribution in [1.82, 2.24) is 31.0 Å². The highest BCUT2D eigenvalue weighted by molar-refractivity contribution is 5.94. The molecule has 0 saturated carbocycles. The van der Waals surface area contributed by atoms with E-state index in [-0.39, 0.29) is 24.9 Å². The zero-order chi connectivity index (χ0) is 33.9. The van der Waals surface area contributed by atoms with E-state index in [1.54, 1.807) is 18.7 Å². The molecule has 47 heavy (non-hydrogen) atoms. The molecule has 3 aliphatic rings. The highest BCUT2D eigenvalue weighted by Crippen LogP contribution is 2.35. The number of methoxy groups -OCH3 is 1. The fourth-order valence-corrected chi connectivity index (χ4v) is 6.27. The van der Waals surface area contributed by atoms with Crippen LogP contribution in [-0.2, 0) is 28.7 Å². The monoisotopic (exact) mass is 648 g/mol. The molecular weight excluding hydrogens is 604 g/mol. The predicted octanol–water partition coefficient (Wildman–Crippen LogP) is 2.86. The third-order valence-electron chi connectivity index (χ3n) is 9.28. The minimum Gasteiger partial charge on any atom is -0.455 e. The van der Waals surface area contributed by atoms with Crippen LogP contribution < -0.4 is 16.1 Å². The molecule has 13 nitrogen and oxygen atoms in total. The van der Waals surface area contributed by atoms with Crippen LogP contribution >= 0.6 is 0 Å². The number of aromatic nitrogens is 1. The van der Waals surface area contributed by atoms with E-state index < -0.39 is 53.5 Å². The van der Waals surface area contributed by atoms with Gasteiger partial charge in [0.2, 0.25) is 11.8 Å². The Morgan fingerprint density at radius 3 is 2.47 bits per heavy atom. The Labute approximate surface area is 274 Å². The van der Waals surface area contributed by atoms with Crippen LogP contribution in [-0.4, -0.2) is 89.5 Å². The summed E-state index contributed by atoms with van der Waals surface area (Å²) in [5.74, 6) is -2.05. The Hall–Kier alpha value is -4.52. The molecule has 2 saturated heterocycles. The van der Waals surface area contributed by atoms with E-state index in [2.05, 4.69) is 16.1 Å². The number of likely N-dealkylation sites (tertiary alicyclic amines) is 1. The summed E-state index contributed by atoms with van der Waals surface area (Å²) in [6.45, 7) is 7.90. The third-order valence-corrected chi connectivity index (χ3v) is 9.28. The number of carbonyl (C=O) groups excluding carboxylic acids is 5. The number of esters is 1. The van der Waals surface area contributed by atoms with Crippen molar-refractivity contribution in [2.75, 3.05) is 26.7 Å². The number of carbonyl (C=O) groups is 5. The Morgan fingerprint density at radius 1 is 1.04 bits per heavy atom. The first kappa shape index (κ1) is 33.8. The van der Waals surface area contributed by atoms with Gasteiger partial charge in [-0.1, -0.05) is 44.2 Å². The van der Waals surface area contributed by atoms with E-state index >= 15 is 0 Å². The van der Waals surface area contributed by atoms with Crippen molar-refractivity contribution in [1.29, 1.82) is 0 Å². The standard InChI is InChI=1S/C34H44N6O7/c1-20(2)28-29(41)35-21(3)30(42)40-16-6-7-26(38-40)31(43)47-22(4)25-11-10-24-9-8-23(19-27(24)36-25)12-13-34(32(44)37-28)14-17-39(18-15-34)33(45)46-5/h8-13,19-22,26,28,38H,6-7,14-18H2,1-5H3,(H,35,41)(H,37,44)/b13-12+/t21-,22+,26?,28-/m0/s1. The van der Waals surface area contributed by atoms with Crippen molar-refractivity contribution in [3.05, 3.63) is 47.7 Å². The third kappa shape index (κ3) is 7.40. The summed E-state index contributed by atoms with van der Waals surface area (Å²) < 4.78 is 10.7. The minimum atomic E-state index is -1.03. The van der Waals surface area contributed by atoms with Gasteiger partial charge in [-0.15, -0.1) is 0 Å². The predicted molar refractivity (Wildman–Crippen MR) is 173 cm³/mol. The summed E-state index contributed by atoms with van der Waals surface area (Å²) in [5, 5.41) is 7.97. The minimum absolute atomic E-state index is 0.289. The molecule has 2 fully saturated rings. The summed E-state index contributed by atoms with van der Waals surface area (Å²) in [7, 11) is 1.32. The van der Waals surface area contributed by atoms with Gasteiger partial charge in [0.15, 0.2) is 0 Å². The van der Waals surface area contributed by atoms with E-state index in [4.69, 9.17) is 14.5 Å². The van der Waals surface area contributed by atoms with E-state index in [0.29, 0.717) is 43.4 Å². The maximum absolute atomic E-state index is 14.2. The number of ether oxygens (including phenoxy) is 2. The fraction of sp³-hybridized carbons (Fsp3) is 0.529. The van der Waals surface area contributed by atoms with Crippen LogP contribution in [0.5, 0.6) is 0 Å². The number of nitrogens with one attached hydrogen (secondary N) is 3. The summed E-state index contributed by atoms with van der Waals surface area (Å²) in [6, 6.07) is 6.89. The van der Waals surface area contributed by atoms with Crippen molar-refractivity contribution in [2.24, 2.45) is 11.3 Å². The molecule has 1 aromatic carbocycles. The van der Waals surface area contributed by atoms with Crippen LogP contribution in [0.2, 0.25) is 0 Å². The fourth-order valence-electron chi connectivity index (χ4n) is 6.27. The zero-order valence-electron chi connectivity index (χ0n) is 27.6. The molecule has 3 aliphatic heterocycles. The molecule has 5 rings (SSSR count). The van der Waals surface area contributed by atoms with Gasteiger partial charge in [0, 0.05) is 25.0 Å². The largest absolute Gasteiger partial charge is 0.455 e. The number of benzene rings is 1. The second-order valence-electron chi connectivity index (χ2n) is 13.0. The molecule has 13 heteroatoms. The number of nitrogens with zero attached hydrogens (tertiary/aromatic N) is 3. The number of piperidine rings is 1. The molecule has 3 N–H and O–H groups in total. The number of hydrogen-bond donors (Lipinski definition) is 3. The van der Waals surface area contributed by atoms with Gasteiger partial charge in [0.1, 0.15) is 24.2 Å². The van der Waals surface area contributed by atoms with Gasteiger partial charge in [0.05, 0.1) is 23.7 Å². The van der Waals surface area contributed by atoms with Gasteiger partial charge in [0.25, 0.3) is 5.91 Å². The highest BCUT2D eigenvalue weighted by Gasteiger charge is 2.43.